The number of nitrogens with one attached hydrogen (secondary N) is 2. The number of nitrogens with zero attached hydrogens (tertiary/aromatic N) is 1. The minimum atomic E-state index is -0.229. The van der Waals surface area contributed by atoms with Crippen LogP contribution in [0.4, 0.5) is 5.69 Å². The number of carbonyl (C=O) groups excluding carboxylic acids is 1. The number of carbonyl (C=O) groups is 1. The lowest BCUT2D eigenvalue weighted by Crippen LogP contribution is -2.25. The summed E-state index contributed by atoms with van der Waals surface area (Å²) in [7, 11) is 0. The fourth-order valence-electron chi connectivity index (χ4n) is 1.86. The molecule has 0 heterocycles. The first-order chi connectivity index (χ1) is 11.0. The molecule has 0 aliphatic rings. The summed E-state index contributed by atoms with van der Waals surface area (Å²) in [6.45, 7) is 4.22. The molecule has 0 spiro atoms. The lowest BCUT2D eigenvalue weighted by Gasteiger charge is -2.07. The molecule has 5 nitrogen and oxygen atoms in total. The van der Waals surface area contributed by atoms with Gasteiger partial charge in [-0.15, -0.1) is 0 Å². The summed E-state index contributed by atoms with van der Waals surface area (Å²) >= 11 is 2.03. The molecular formula is C17H18IN3O2. The predicted molar refractivity (Wildman–Crippen MR) is 101 cm³/mol. The van der Waals surface area contributed by atoms with E-state index in [2.05, 4.69) is 15.8 Å². The minimum absolute atomic E-state index is 0.146. The van der Waals surface area contributed by atoms with Gasteiger partial charge in [-0.05, 0) is 83.5 Å². The summed E-state index contributed by atoms with van der Waals surface area (Å²) in [5, 5.41) is 16.4. The van der Waals surface area contributed by atoms with Crippen molar-refractivity contribution in [2.45, 2.75) is 13.8 Å². The highest BCUT2D eigenvalue weighted by atomic mass is 127. The summed E-state index contributed by atoms with van der Waals surface area (Å²) in [4.78, 5) is 11.8. The zero-order chi connectivity index (χ0) is 16.8. The van der Waals surface area contributed by atoms with Crippen LogP contribution in [0.5, 0.6) is 5.75 Å². The summed E-state index contributed by atoms with van der Waals surface area (Å²) < 4.78 is 0.731. The van der Waals surface area contributed by atoms with Crippen LogP contribution in [0.2, 0.25) is 0 Å². The van der Waals surface area contributed by atoms with E-state index in [0.717, 1.165) is 14.8 Å². The Balaban J connectivity index is 1.83. The molecule has 2 aromatic carbocycles. The average molecular weight is 423 g/mol. The van der Waals surface area contributed by atoms with E-state index >= 15 is 0 Å². The zero-order valence-electron chi connectivity index (χ0n) is 12.9. The Morgan fingerprint density at radius 1 is 1.22 bits per heavy atom. The summed E-state index contributed by atoms with van der Waals surface area (Å²) in [5.74, 6) is -0.00247. The van der Waals surface area contributed by atoms with Crippen LogP contribution in [-0.4, -0.2) is 23.8 Å². The van der Waals surface area contributed by atoms with Crippen LogP contribution in [0.15, 0.2) is 41.5 Å². The molecule has 1 amide bonds. The molecule has 120 valence electrons. The van der Waals surface area contributed by atoms with Gasteiger partial charge in [-0.1, -0.05) is 6.07 Å². The van der Waals surface area contributed by atoms with Crippen LogP contribution in [-0.2, 0) is 4.79 Å². The number of hydrogen-bond donors (Lipinski definition) is 3. The number of aromatic hydroxyl groups is 1. The molecular weight excluding hydrogens is 405 g/mol. The molecule has 0 fully saturated rings. The van der Waals surface area contributed by atoms with Crippen molar-refractivity contribution >= 4 is 40.4 Å². The standard InChI is InChI=1S/C17H18IN3O2/c1-11-3-5-14(7-12(11)2)19-10-17(23)21-20-9-13-4-6-16(22)15(18)8-13/h3-9,19,22H,10H2,1-2H3,(H,21,23)/b20-9-. The number of anilines is 1. The van der Waals surface area contributed by atoms with Gasteiger partial charge in [0.2, 0.25) is 0 Å². The number of halogens is 1. The molecule has 2 rings (SSSR count). The van der Waals surface area contributed by atoms with Gasteiger partial charge in [0.1, 0.15) is 5.75 Å². The third-order valence-electron chi connectivity index (χ3n) is 3.33. The minimum Gasteiger partial charge on any atom is -0.507 e. The number of phenols is 1. The van der Waals surface area contributed by atoms with Crippen molar-refractivity contribution in [2.24, 2.45) is 5.10 Å². The molecule has 0 radical (unpaired) electrons. The van der Waals surface area contributed by atoms with E-state index in [-0.39, 0.29) is 18.2 Å². The first kappa shape index (κ1) is 17.3. The second-order valence-electron chi connectivity index (χ2n) is 5.16. The van der Waals surface area contributed by atoms with Gasteiger partial charge in [0.05, 0.1) is 16.3 Å². The highest BCUT2D eigenvalue weighted by Gasteiger charge is 2.01. The highest BCUT2D eigenvalue weighted by molar-refractivity contribution is 14.1. The fourth-order valence-corrected chi connectivity index (χ4v) is 2.39. The highest BCUT2D eigenvalue weighted by Crippen LogP contribution is 2.19. The molecule has 2 aromatic rings. The Morgan fingerprint density at radius 2 is 2.00 bits per heavy atom. The van der Waals surface area contributed by atoms with Crippen molar-refractivity contribution < 1.29 is 9.90 Å². The first-order valence-electron chi connectivity index (χ1n) is 7.07. The van der Waals surface area contributed by atoms with E-state index in [1.54, 1.807) is 18.2 Å². The van der Waals surface area contributed by atoms with Crippen LogP contribution in [0.1, 0.15) is 16.7 Å². The number of hydrogen-bond acceptors (Lipinski definition) is 4. The van der Waals surface area contributed by atoms with Gasteiger partial charge in [-0.2, -0.15) is 5.10 Å². The van der Waals surface area contributed by atoms with Crippen LogP contribution in [0, 0.1) is 17.4 Å². The molecule has 0 saturated carbocycles. The Kier molecular flexibility index (Phi) is 5.97. The Bertz CT molecular complexity index is 745. The Hall–Kier alpha value is -2.09. The van der Waals surface area contributed by atoms with Gasteiger partial charge in [0.25, 0.3) is 5.91 Å². The maximum atomic E-state index is 11.8. The third kappa shape index (κ3) is 5.24. The van der Waals surface area contributed by atoms with Gasteiger partial charge in [0.15, 0.2) is 0 Å². The molecule has 0 saturated heterocycles. The molecule has 0 atom stereocenters. The van der Waals surface area contributed by atoms with Crippen molar-refractivity contribution in [3.05, 3.63) is 56.7 Å². The van der Waals surface area contributed by atoms with E-state index in [4.69, 9.17) is 0 Å². The van der Waals surface area contributed by atoms with E-state index in [1.165, 1.54) is 17.3 Å². The normalized spacial score (nSPS) is 10.7. The number of aryl methyl sites for hydroxylation is 2. The molecule has 0 aromatic heterocycles. The second-order valence-corrected chi connectivity index (χ2v) is 6.32. The maximum absolute atomic E-state index is 11.8. The topological polar surface area (TPSA) is 73.7 Å². The van der Waals surface area contributed by atoms with Crippen molar-refractivity contribution in [1.82, 2.24) is 5.43 Å². The quantitative estimate of drug-likeness (QED) is 0.393. The average Bonchev–Trinajstić information content (AvgIpc) is 2.52. The number of rotatable bonds is 5. The fraction of sp³-hybridized carbons (Fsp3) is 0.176. The molecule has 6 heteroatoms. The summed E-state index contributed by atoms with van der Waals surface area (Å²) in [6, 6.07) is 11.0. The molecule has 0 aliphatic heterocycles. The number of hydrazone groups is 1. The SMILES string of the molecule is Cc1ccc(NCC(=O)N/N=C\c2ccc(O)c(I)c2)cc1C. The first-order valence-corrected chi connectivity index (χ1v) is 8.15. The third-order valence-corrected chi connectivity index (χ3v) is 4.20. The summed E-state index contributed by atoms with van der Waals surface area (Å²) in [5.41, 5.74) is 6.56. The lowest BCUT2D eigenvalue weighted by molar-refractivity contribution is -0.119. The number of benzene rings is 2. The van der Waals surface area contributed by atoms with Crippen LogP contribution >= 0.6 is 22.6 Å². The van der Waals surface area contributed by atoms with Crippen molar-refractivity contribution in [2.75, 3.05) is 11.9 Å². The van der Waals surface area contributed by atoms with Gasteiger partial charge < -0.3 is 10.4 Å². The molecule has 0 aliphatic carbocycles. The predicted octanol–water partition coefficient (Wildman–Crippen LogP) is 3.18. The van der Waals surface area contributed by atoms with Crippen LogP contribution in [0.3, 0.4) is 0 Å². The van der Waals surface area contributed by atoms with Crippen molar-refractivity contribution in [1.29, 1.82) is 0 Å². The molecule has 0 bridgehead atoms. The van der Waals surface area contributed by atoms with Crippen LogP contribution in [0.25, 0.3) is 0 Å². The van der Waals surface area contributed by atoms with Crippen molar-refractivity contribution in [3.8, 4) is 5.75 Å². The second kappa shape index (κ2) is 7.96. The smallest absolute Gasteiger partial charge is 0.259 e. The molecule has 3 N–H and O–H groups in total. The summed E-state index contributed by atoms with van der Waals surface area (Å²) in [6.07, 6.45) is 1.54. The van der Waals surface area contributed by atoms with Crippen LogP contribution < -0.4 is 10.7 Å². The zero-order valence-corrected chi connectivity index (χ0v) is 15.1. The van der Waals surface area contributed by atoms with Gasteiger partial charge >= 0.3 is 0 Å². The van der Waals surface area contributed by atoms with Gasteiger partial charge in [0, 0.05) is 5.69 Å². The maximum Gasteiger partial charge on any atom is 0.259 e. The molecule has 0 unspecified atom stereocenters. The van der Waals surface area contributed by atoms with E-state index in [9.17, 15) is 9.90 Å². The Morgan fingerprint density at radius 3 is 2.70 bits per heavy atom. The monoisotopic (exact) mass is 423 g/mol. The molecule has 23 heavy (non-hydrogen) atoms. The van der Waals surface area contributed by atoms with Crippen molar-refractivity contribution in [3.63, 3.8) is 0 Å². The number of phenolic OH excluding ortho intramolecular Hbond substituents is 1. The number of amides is 1. The van der Waals surface area contributed by atoms with E-state index in [1.807, 2.05) is 54.6 Å². The lowest BCUT2D eigenvalue weighted by atomic mass is 10.1. The largest absolute Gasteiger partial charge is 0.507 e. The van der Waals surface area contributed by atoms with E-state index < -0.39 is 0 Å². The Labute approximate surface area is 148 Å². The van der Waals surface area contributed by atoms with E-state index in [0.29, 0.717) is 0 Å². The van der Waals surface area contributed by atoms with Gasteiger partial charge in [-0.3, -0.25) is 4.79 Å². The van der Waals surface area contributed by atoms with Gasteiger partial charge in [-0.25, -0.2) is 5.43 Å².